The van der Waals surface area contributed by atoms with Gasteiger partial charge in [-0.25, -0.2) is 0 Å². The molecule has 3 aromatic rings. The topological polar surface area (TPSA) is 53.9 Å². The van der Waals surface area contributed by atoms with E-state index in [1.807, 2.05) is 42.7 Å². The van der Waals surface area contributed by atoms with Gasteiger partial charge in [0.2, 0.25) is 5.13 Å². The lowest BCUT2D eigenvalue weighted by molar-refractivity contribution is 0.423. The number of nitrogens with one attached hydrogen (secondary N) is 1. The van der Waals surface area contributed by atoms with Crippen LogP contribution in [0.5, 0.6) is 0 Å². The van der Waals surface area contributed by atoms with Crippen LogP contribution in [0.4, 0.5) is 10.8 Å². The Morgan fingerprint density at radius 1 is 1.04 bits per heavy atom. The van der Waals surface area contributed by atoms with Gasteiger partial charge in [-0.3, -0.25) is 4.98 Å². The van der Waals surface area contributed by atoms with Gasteiger partial charge in [-0.1, -0.05) is 30.3 Å². The van der Waals surface area contributed by atoms with E-state index in [0.717, 1.165) is 36.2 Å². The zero-order valence-electron chi connectivity index (χ0n) is 14.0. The molecule has 0 radical (unpaired) electrons. The minimum absolute atomic E-state index is 0.683. The van der Waals surface area contributed by atoms with E-state index in [0.29, 0.717) is 5.92 Å². The molecular weight excluding hydrogens is 330 g/mol. The van der Waals surface area contributed by atoms with Crippen molar-refractivity contribution in [2.45, 2.75) is 12.8 Å². The number of pyridine rings is 1. The second-order valence-corrected chi connectivity index (χ2v) is 7.06. The number of hydrogen-bond donors (Lipinski definition) is 1. The summed E-state index contributed by atoms with van der Waals surface area (Å²) in [5, 5.41) is 4.39. The summed E-state index contributed by atoms with van der Waals surface area (Å²) in [6, 6.07) is 14.3. The Labute approximate surface area is 151 Å². The van der Waals surface area contributed by atoms with E-state index < -0.39 is 0 Å². The lowest BCUT2D eigenvalue weighted by Crippen LogP contribution is -2.35. The first-order valence-corrected chi connectivity index (χ1v) is 9.44. The third-order valence-corrected chi connectivity index (χ3v) is 5.32. The first-order valence-electron chi connectivity index (χ1n) is 8.66. The Kier molecular flexibility index (Phi) is 4.88. The molecule has 5 nitrogen and oxygen atoms in total. The van der Waals surface area contributed by atoms with Crippen LogP contribution in [0, 0.1) is 5.92 Å². The summed E-state index contributed by atoms with van der Waals surface area (Å²) in [5.74, 6) is 1.49. The highest BCUT2D eigenvalue weighted by atomic mass is 32.1. The maximum atomic E-state index is 4.61. The highest BCUT2D eigenvalue weighted by Gasteiger charge is 2.19. The van der Waals surface area contributed by atoms with Crippen LogP contribution in [0.15, 0.2) is 54.9 Å². The lowest BCUT2D eigenvalue weighted by Gasteiger charge is -2.33. The Hall–Kier alpha value is -2.47. The van der Waals surface area contributed by atoms with Crippen molar-refractivity contribution in [3.8, 4) is 11.4 Å². The molecule has 0 atom stereocenters. The SMILES string of the molecule is c1ccc(-c2nsc(NCC3CCN(c4ccncc4)CC3)n2)cc1. The number of rotatable bonds is 5. The minimum atomic E-state index is 0.683. The number of nitrogens with zero attached hydrogens (tertiary/aromatic N) is 4. The van der Waals surface area contributed by atoms with Crippen LogP contribution < -0.4 is 10.2 Å². The quantitative estimate of drug-likeness (QED) is 0.755. The van der Waals surface area contributed by atoms with Gasteiger partial charge in [0, 0.05) is 54.8 Å². The standard InChI is InChI=1S/C19H21N5S/c1-2-4-16(5-3-1)18-22-19(25-23-18)21-14-15-8-12-24(13-9-15)17-6-10-20-11-7-17/h1-7,10-11,15H,8-9,12-14H2,(H,21,22,23). The van der Waals surface area contributed by atoms with E-state index in [1.54, 1.807) is 0 Å². The molecule has 1 aliphatic rings. The van der Waals surface area contributed by atoms with Crippen LogP contribution in [0.1, 0.15) is 12.8 Å². The summed E-state index contributed by atoms with van der Waals surface area (Å²) in [7, 11) is 0. The van der Waals surface area contributed by atoms with Gasteiger partial charge in [0.05, 0.1) is 0 Å². The zero-order chi connectivity index (χ0) is 16.9. The molecule has 25 heavy (non-hydrogen) atoms. The van der Waals surface area contributed by atoms with Crippen molar-refractivity contribution in [3.05, 3.63) is 54.9 Å². The monoisotopic (exact) mass is 351 g/mol. The third kappa shape index (κ3) is 3.96. The molecule has 3 heterocycles. The summed E-state index contributed by atoms with van der Waals surface area (Å²) < 4.78 is 4.46. The molecule has 0 unspecified atom stereocenters. The first-order chi connectivity index (χ1) is 12.4. The number of hydrogen-bond acceptors (Lipinski definition) is 6. The molecule has 1 aliphatic heterocycles. The van der Waals surface area contributed by atoms with Crippen molar-refractivity contribution in [2.24, 2.45) is 5.92 Å². The van der Waals surface area contributed by atoms with Gasteiger partial charge in [0.15, 0.2) is 5.82 Å². The van der Waals surface area contributed by atoms with E-state index in [-0.39, 0.29) is 0 Å². The highest BCUT2D eigenvalue weighted by molar-refractivity contribution is 7.09. The van der Waals surface area contributed by atoms with Gasteiger partial charge in [-0.2, -0.15) is 9.36 Å². The van der Waals surface area contributed by atoms with Gasteiger partial charge < -0.3 is 10.2 Å². The minimum Gasteiger partial charge on any atom is -0.371 e. The van der Waals surface area contributed by atoms with Crippen molar-refractivity contribution in [1.82, 2.24) is 14.3 Å². The van der Waals surface area contributed by atoms with Crippen LogP contribution in [0.3, 0.4) is 0 Å². The van der Waals surface area contributed by atoms with Crippen LogP contribution in [0.25, 0.3) is 11.4 Å². The van der Waals surface area contributed by atoms with E-state index in [2.05, 4.69) is 36.7 Å². The van der Waals surface area contributed by atoms with Crippen LogP contribution in [0.2, 0.25) is 0 Å². The second-order valence-electron chi connectivity index (χ2n) is 6.31. The average molecular weight is 351 g/mol. The van der Waals surface area contributed by atoms with Gasteiger partial charge in [0.25, 0.3) is 0 Å². The van der Waals surface area contributed by atoms with Crippen molar-refractivity contribution in [1.29, 1.82) is 0 Å². The van der Waals surface area contributed by atoms with E-state index >= 15 is 0 Å². The molecule has 0 saturated carbocycles. The molecule has 6 heteroatoms. The summed E-state index contributed by atoms with van der Waals surface area (Å²) in [5.41, 5.74) is 2.34. The lowest BCUT2D eigenvalue weighted by atomic mass is 9.96. The van der Waals surface area contributed by atoms with Crippen molar-refractivity contribution in [2.75, 3.05) is 29.9 Å². The fraction of sp³-hybridized carbons (Fsp3) is 0.316. The van der Waals surface area contributed by atoms with Crippen molar-refractivity contribution >= 4 is 22.4 Å². The van der Waals surface area contributed by atoms with Crippen LogP contribution in [-0.2, 0) is 0 Å². The maximum Gasteiger partial charge on any atom is 0.202 e. The molecular formula is C19H21N5S. The molecule has 2 aromatic heterocycles. The largest absolute Gasteiger partial charge is 0.371 e. The van der Waals surface area contributed by atoms with E-state index in [4.69, 9.17) is 0 Å². The second kappa shape index (κ2) is 7.61. The van der Waals surface area contributed by atoms with Crippen molar-refractivity contribution in [3.63, 3.8) is 0 Å². The first kappa shape index (κ1) is 16.0. The number of benzene rings is 1. The van der Waals surface area contributed by atoms with Gasteiger partial charge in [-0.15, -0.1) is 0 Å². The predicted molar refractivity (Wildman–Crippen MR) is 103 cm³/mol. The van der Waals surface area contributed by atoms with Crippen molar-refractivity contribution < 1.29 is 0 Å². The highest BCUT2D eigenvalue weighted by Crippen LogP contribution is 2.24. The third-order valence-electron chi connectivity index (χ3n) is 4.64. The summed E-state index contributed by atoms with van der Waals surface area (Å²) in [6.07, 6.45) is 6.12. The van der Waals surface area contributed by atoms with E-state index in [1.165, 1.54) is 30.1 Å². The van der Waals surface area contributed by atoms with Crippen LogP contribution in [-0.4, -0.2) is 34.0 Å². The molecule has 1 N–H and O–H groups in total. The Morgan fingerprint density at radius 2 is 1.80 bits per heavy atom. The van der Waals surface area contributed by atoms with Gasteiger partial charge in [0.1, 0.15) is 0 Å². The average Bonchev–Trinajstić information content (AvgIpc) is 3.17. The molecule has 1 aromatic carbocycles. The van der Waals surface area contributed by atoms with Gasteiger partial charge >= 0.3 is 0 Å². The summed E-state index contributed by atoms with van der Waals surface area (Å²) >= 11 is 1.44. The maximum absolute atomic E-state index is 4.61. The zero-order valence-corrected chi connectivity index (χ0v) is 14.8. The van der Waals surface area contributed by atoms with E-state index in [9.17, 15) is 0 Å². The molecule has 0 spiro atoms. The predicted octanol–water partition coefficient (Wildman–Crippen LogP) is 3.93. The Balaban J connectivity index is 1.28. The molecule has 1 saturated heterocycles. The molecule has 0 bridgehead atoms. The number of piperidine rings is 1. The number of aromatic nitrogens is 3. The Bertz CT molecular complexity index is 782. The smallest absolute Gasteiger partial charge is 0.202 e. The molecule has 1 fully saturated rings. The Morgan fingerprint density at radius 3 is 2.56 bits per heavy atom. The number of anilines is 2. The van der Waals surface area contributed by atoms with Crippen LogP contribution >= 0.6 is 11.5 Å². The summed E-state index contributed by atoms with van der Waals surface area (Å²) in [4.78, 5) is 11.1. The summed E-state index contributed by atoms with van der Waals surface area (Å²) in [6.45, 7) is 3.16. The molecule has 4 rings (SSSR count). The molecule has 128 valence electrons. The fourth-order valence-corrected chi connectivity index (χ4v) is 3.78. The molecule has 0 amide bonds. The normalized spacial score (nSPS) is 15.3. The fourth-order valence-electron chi connectivity index (χ4n) is 3.18. The molecule has 0 aliphatic carbocycles. The van der Waals surface area contributed by atoms with Gasteiger partial charge in [-0.05, 0) is 30.9 Å².